The summed E-state index contributed by atoms with van der Waals surface area (Å²) in [6, 6.07) is 10.7. The highest BCUT2D eigenvalue weighted by Gasteiger charge is 2.12. The quantitative estimate of drug-likeness (QED) is 0.593. The van der Waals surface area contributed by atoms with Crippen molar-refractivity contribution < 1.29 is 9.66 Å². The Hall–Kier alpha value is -2.10. The van der Waals surface area contributed by atoms with Crippen LogP contribution in [0, 0.1) is 21.4 Å². The first-order chi connectivity index (χ1) is 9.51. The number of ether oxygens (including phenoxy) is 1. The lowest BCUT2D eigenvalue weighted by Crippen LogP contribution is -1.91. The van der Waals surface area contributed by atoms with Crippen molar-refractivity contribution in [3.05, 3.63) is 61.6 Å². The first-order valence-corrected chi connectivity index (χ1v) is 6.50. The molecule has 0 atom stereocenters. The Morgan fingerprint density at radius 2 is 2.05 bits per heavy atom. The zero-order valence-electron chi connectivity index (χ0n) is 9.84. The van der Waals surface area contributed by atoms with Crippen molar-refractivity contribution >= 4 is 33.2 Å². The Morgan fingerprint density at radius 3 is 2.65 bits per heavy atom. The second kappa shape index (κ2) is 5.90. The minimum Gasteiger partial charge on any atom is -0.455 e. The average Bonchev–Trinajstić information content (AvgIpc) is 2.41. The summed E-state index contributed by atoms with van der Waals surface area (Å²) in [5, 5.41) is 19.8. The van der Waals surface area contributed by atoms with E-state index in [0.717, 1.165) is 0 Å². The van der Waals surface area contributed by atoms with Gasteiger partial charge in [0.25, 0.3) is 5.69 Å². The Morgan fingerprint density at radius 1 is 1.30 bits per heavy atom. The molecule has 100 valence electrons. The van der Waals surface area contributed by atoms with Crippen LogP contribution >= 0.6 is 27.5 Å². The van der Waals surface area contributed by atoms with Gasteiger partial charge in [-0.2, -0.15) is 5.26 Å². The predicted molar refractivity (Wildman–Crippen MR) is 77.0 cm³/mol. The van der Waals surface area contributed by atoms with Crippen molar-refractivity contribution in [2.75, 3.05) is 0 Å². The van der Waals surface area contributed by atoms with Crippen molar-refractivity contribution in [2.45, 2.75) is 0 Å². The second-order valence-electron chi connectivity index (χ2n) is 3.73. The zero-order valence-corrected chi connectivity index (χ0v) is 12.2. The number of nitro benzene ring substituents is 1. The number of benzene rings is 2. The van der Waals surface area contributed by atoms with Crippen molar-refractivity contribution in [1.82, 2.24) is 0 Å². The van der Waals surface area contributed by atoms with Crippen LogP contribution in [0.15, 0.2) is 40.9 Å². The summed E-state index contributed by atoms with van der Waals surface area (Å²) in [4.78, 5) is 10.2. The average molecular weight is 354 g/mol. The molecule has 0 aromatic heterocycles. The molecule has 0 saturated carbocycles. The highest BCUT2D eigenvalue weighted by molar-refractivity contribution is 9.10. The maximum atomic E-state index is 10.7. The molecule has 2 aromatic rings. The topological polar surface area (TPSA) is 76.2 Å². The Kier molecular flexibility index (Phi) is 4.23. The van der Waals surface area contributed by atoms with Crippen LogP contribution in [0.25, 0.3) is 0 Å². The molecule has 0 heterocycles. The van der Waals surface area contributed by atoms with Gasteiger partial charge >= 0.3 is 0 Å². The third-order valence-electron chi connectivity index (χ3n) is 2.41. The minimum atomic E-state index is -0.530. The lowest BCUT2D eigenvalue weighted by Gasteiger charge is -2.08. The van der Waals surface area contributed by atoms with Crippen LogP contribution in [0.1, 0.15) is 5.56 Å². The summed E-state index contributed by atoms with van der Waals surface area (Å²) in [5.74, 6) is 0.593. The predicted octanol–water partition coefficient (Wildman–Crippen LogP) is 4.67. The normalized spacial score (nSPS) is 9.85. The van der Waals surface area contributed by atoms with E-state index >= 15 is 0 Å². The molecule has 2 aromatic carbocycles. The van der Waals surface area contributed by atoms with Crippen LogP contribution in [0.2, 0.25) is 5.02 Å². The molecule has 20 heavy (non-hydrogen) atoms. The third-order valence-corrected chi connectivity index (χ3v) is 3.38. The monoisotopic (exact) mass is 352 g/mol. The molecule has 7 heteroatoms. The van der Waals surface area contributed by atoms with Crippen LogP contribution in [-0.2, 0) is 0 Å². The van der Waals surface area contributed by atoms with Crippen molar-refractivity contribution in [3.8, 4) is 17.6 Å². The van der Waals surface area contributed by atoms with Crippen molar-refractivity contribution in [2.24, 2.45) is 0 Å². The van der Waals surface area contributed by atoms with E-state index in [-0.39, 0.29) is 16.5 Å². The summed E-state index contributed by atoms with van der Waals surface area (Å²) in [7, 11) is 0. The first kappa shape index (κ1) is 14.3. The Balaban J connectivity index is 2.35. The molecule has 0 N–H and O–H groups in total. The molecule has 0 unspecified atom stereocenters. The molecule has 0 bridgehead atoms. The molecular weight excluding hydrogens is 348 g/mol. The van der Waals surface area contributed by atoms with Crippen LogP contribution in [0.5, 0.6) is 11.5 Å². The molecule has 0 aliphatic heterocycles. The second-order valence-corrected chi connectivity index (χ2v) is 4.99. The van der Waals surface area contributed by atoms with Gasteiger partial charge in [0.1, 0.15) is 11.8 Å². The fourth-order valence-electron chi connectivity index (χ4n) is 1.46. The lowest BCUT2D eigenvalue weighted by atomic mass is 10.2. The van der Waals surface area contributed by atoms with E-state index in [1.54, 1.807) is 18.2 Å². The fourth-order valence-corrected chi connectivity index (χ4v) is 2.06. The number of hydrogen-bond acceptors (Lipinski definition) is 4. The van der Waals surface area contributed by atoms with Crippen LogP contribution in [0.3, 0.4) is 0 Å². The molecule has 0 radical (unpaired) electrons. The highest BCUT2D eigenvalue weighted by Crippen LogP contribution is 2.34. The maximum Gasteiger partial charge on any atom is 0.273 e. The van der Waals surface area contributed by atoms with Crippen LogP contribution < -0.4 is 4.74 Å². The number of nitrogens with zero attached hydrogens (tertiary/aromatic N) is 2. The van der Waals surface area contributed by atoms with E-state index in [0.29, 0.717) is 15.8 Å². The summed E-state index contributed by atoms with van der Waals surface area (Å²) in [5.41, 5.74) is 0.347. The van der Waals surface area contributed by atoms with E-state index < -0.39 is 4.92 Å². The summed E-state index contributed by atoms with van der Waals surface area (Å²) in [6.07, 6.45) is 0. The van der Waals surface area contributed by atoms with E-state index in [4.69, 9.17) is 21.6 Å². The lowest BCUT2D eigenvalue weighted by molar-refractivity contribution is -0.384. The third kappa shape index (κ3) is 3.07. The first-order valence-electron chi connectivity index (χ1n) is 5.32. The summed E-state index contributed by atoms with van der Waals surface area (Å²) >= 11 is 9.17. The van der Waals surface area contributed by atoms with E-state index in [2.05, 4.69) is 15.9 Å². The van der Waals surface area contributed by atoms with Crippen molar-refractivity contribution in [1.29, 1.82) is 5.26 Å². The van der Waals surface area contributed by atoms with Crippen LogP contribution in [-0.4, -0.2) is 4.92 Å². The fraction of sp³-hybridized carbons (Fsp3) is 0. The van der Waals surface area contributed by atoms with Gasteiger partial charge in [-0.1, -0.05) is 11.6 Å². The van der Waals surface area contributed by atoms with E-state index in [1.807, 2.05) is 6.07 Å². The standard InChI is InChI=1S/C13H6BrClN2O3/c14-11-6-10(3-1-8(11)7-16)20-13-5-9(17(18)19)2-4-12(13)15/h1-6H. The summed E-state index contributed by atoms with van der Waals surface area (Å²) in [6.45, 7) is 0. The Labute approximate surface area is 127 Å². The number of nitro groups is 1. The number of non-ortho nitro benzene ring substituents is 1. The Bertz CT molecular complexity index is 728. The van der Waals surface area contributed by atoms with Gasteiger partial charge in [0.05, 0.1) is 21.6 Å². The number of halogens is 2. The molecule has 0 fully saturated rings. The van der Waals surface area contributed by atoms with Gasteiger partial charge in [0, 0.05) is 10.5 Å². The number of nitriles is 1. The molecule has 0 aliphatic carbocycles. The molecule has 0 amide bonds. The molecule has 5 nitrogen and oxygen atoms in total. The largest absolute Gasteiger partial charge is 0.455 e. The molecule has 0 aliphatic rings. The molecular formula is C13H6BrClN2O3. The van der Waals surface area contributed by atoms with Crippen molar-refractivity contribution in [3.63, 3.8) is 0 Å². The van der Waals surface area contributed by atoms with Crippen LogP contribution in [0.4, 0.5) is 5.69 Å². The smallest absolute Gasteiger partial charge is 0.273 e. The number of rotatable bonds is 3. The number of hydrogen-bond donors (Lipinski definition) is 0. The van der Waals surface area contributed by atoms with E-state index in [1.165, 1.54) is 18.2 Å². The van der Waals surface area contributed by atoms with Gasteiger partial charge in [0.2, 0.25) is 0 Å². The van der Waals surface area contributed by atoms with Gasteiger partial charge in [-0.3, -0.25) is 10.1 Å². The molecule has 0 spiro atoms. The SMILES string of the molecule is N#Cc1ccc(Oc2cc([N+](=O)[O-])ccc2Cl)cc1Br. The minimum absolute atomic E-state index is 0.114. The van der Waals surface area contributed by atoms with E-state index in [9.17, 15) is 10.1 Å². The van der Waals surface area contributed by atoms with Gasteiger partial charge < -0.3 is 4.74 Å². The highest BCUT2D eigenvalue weighted by atomic mass is 79.9. The van der Waals surface area contributed by atoms with Gasteiger partial charge in [-0.25, -0.2) is 0 Å². The van der Waals surface area contributed by atoms with Gasteiger partial charge in [-0.15, -0.1) is 0 Å². The molecule has 0 saturated heterocycles. The zero-order chi connectivity index (χ0) is 14.7. The maximum absolute atomic E-state index is 10.7. The molecule has 2 rings (SSSR count). The van der Waals surface area contributed by atoms with Gasteiger partial charge in [0.15, 0.2) is 5.75 Å². The summed E-state index contributed by atoms with van der Waals surface area (Å²) < 4.78 is 6.07. The van der Waals surface area contributed by atoms with Gasteiger partial charge in [-0.05, 0) is 40.2 Å².